The largest absolute Gasteiger partial charge is 0.334 e. The molecule has 0 unspecified atom stereocenters. The van der Waals surface area contributed by atoms with Gasteiger partial charge < -0.3 is 4.90 Å². The summed E-state index contributed by atoms with van der Waals surface area (Å²) in [6, 6.07) is 5.10. The highest BCUT2D eigenvalue weighted by atomic mass is 35.5. The molecule has 17 heavy (non-hydrogen) atoms. The summed E-state index contributed by atoms with van der Waals surface area (Å²) in [5.41, 5.74) is 0.875. The van der Waals surface area contributed by atoms with E-state index in [2.05, 4.69) is 0 Å². The number of carbonyl (C=O) groups excluding carboxylic acids is 1. The highest BCUT2D eigenvalue weighted by Crippen LogP contribution is 2.23. The van der Waals surface area contributed by atoms with E-state index in [4.69, 9.17) is 29.0 Å². The fourth-order valence-electron chi connectivity index (χ4n) is 1.81. The first-order chi connectivity index (χ1) is 8.08. The Labute approximate surface area is 110 Å². The molecule has 1 fully saturated rings. The fraction of sp³-hybridized carbons (Fsp3) is 0.364. The Morgan fingerprint density at radius 2 is 2.06 bits per heavy atom. The lowest BCUT2D eigenvalue weighted by Crippen LogP contribution is -2.52. The number of halogens is 2. The van der Waals surface area contributed by atoms with Crippen LogP contribution in [0.1, 0.15) is 12.0 Å². The lowest BCUT2D eigenvalue weighted by atomic mass is 10.2. The molecule has 1 aliphatic rings. The van der Waals surface area contributed by atoms with Gasteiger partial charge in [-0.15, -0.1) is 0 Å². The molecule has 4 nitrogen and oxygen atoms in total. The number of carbonyl (C=O) groups is 1. The van der Waals surface area contributed by atoms with Crippen LogP contribution in [-0.4, -0.2) is 29.0 Å². The molecule has 2 amide bonds. The van der Waals surface area contributed by atoms with Crippen LogP contribution in [0.5, 0.6) is 0 Å². The Balaban J connectivity index is 2.12. The van der Waals surface area contributed by atoms with Crippen molar-refractivity contribution in [3.63, 3.8) is 0 Å². The van der Waals surface area contributed by atoms with Gasteiger partial charge in [0.2, 0.25) is 0 Å². The summed E-state index contributed by atoms with van der Waals surface area (Å²) in [6.45, 7) is 1.76. The second-order valence-electron chi connectivity index (χ2n) is 3.99. The van der Waals surface area contributed by atoms with E-state index in [0.29, 0.717) is 29.7 Å². The topological polar surface area (TPSA) is 49.6 Å². The molecule has 92 valence electrons. The number of hydrogen-bond acceptors (Lipinski definition) is 2. The second kappa shape index (κ2) is 5.12. The van der Waals surface area contributed by atoms with Crippen LogP contribution >= 0.6 is 23.2 Å². The standard InChI is InChI=1S/C11H13Cl2N3O/c12-9-3-2-8(10(13)6-9)7-15-4-1-5-16(14)11(15)17/h2-3,6H,1,4-5,7,14H2. The number of rotatable bonds is 2. The van der Waals surface area contributed by atoms with Crippen molar-refractivity contribution in [3.05, 3.63) is 33.8 Å². The van der Waals surface area contributed by atoms with Crippen LogP contribution in [-0.2, 0) is 6.54 Å². The molecule has 1 heterocycles. The number of nitrogens with two attached hydrogens (primary N) is 1. The average molecular weight is 274 g/mol. The number of benzene rings is 1. The molecular weight excluding hydrogens is 261 g/mol. The van der Waals surface area contributed by atoms with E-state index in [0.717, 1.165) is 12.0 Å². The zero-order chi connectivity index (χ0) is 12.4. The van der Waals surface area contributed by atoms with Crippen LogP contribution in [0.2, 0.25) is 10.0 Å². The minimum atomic E-state index is -0.165. The zero-order valence-corrected chi connectivity index (χ0v) is 10.7. The molecular formula is C11H13Cl2N3O. The van der Waals surface area contributed by atoms with Gasteiger partial charge in [-0.1, -0.05) is 29.3 Å². The Hall–Kier alpha value is -0.970. The summed E-state index contributed by atoms with van der Waals surface area (Å²) in [4.78, 5) is 13.4. The first-order valence-electron chi connectivity index (χ1n) is 5.33. The van der Waals surface area contributed by atoms with Crippen LogP contribution in [0.4, 0.5) is 4.79 Å². The van der Waals surface area contributed by atoms with E-state index in [1.807, 2.05) is 6.07 Å². The van der Waals surface area contributed by atoms with Gasteiger partial charge in [-0.05, 0) is 24.1 Å². The molecule has 0 spiro atoms. The zero-order valence-electron chi connectivity index (χ0n) is 9.20. The lowest BCUT2D eigenvalue weighted by Gasteiger charge is -2.32. The van der Waals surface area contributed by atoms with Gasteiger partial charge in [0.1, 0.15) is 0 Å². The summed E-state index contributed by atoms with van der Waals surface area (Å²) >= 11 is 11.9. The van der Waals surface area contributed by atoms with Gasteiger partial charge in [-0.25, -0.2) is 10.6 Å². The molecule has 0 bridgehead atoms. The first-order valence-corrected chi connectivity index (χ1v) is 6.08. The van der Waals surface area contributed by atoms with Crippen LogP contribution in [0.25, 0.3) is 0 Å². The summed E-state index contributed by atoms with van der Waals surface area (Å²) in [5.74, 6) is 5.57. The van der Waals surface area contributed by atoms with Crippen molar-refractivity contribution in [3.8, 4) is 0 Å². The Morgan fingerprint density at radius 1 is 1.29 bits per heavy atom. The summed E-state index contributed by atoms with van der Waals surface area (Å²) in [5, 5.41) is 2.39. The SMILES string of the molecule is NN1CCCN(Cc2ccc(Cl)cc2Cl)C1=O. The van der Waals surface area contributed by atoms with E-state index in [1.165, 1.54) is 5.01 Å². The van der Waals surface area contributed by atoms with E-state index < -0.39 is 0 Å². The predicted octanol–water partition coefficient (Wildman–Crippen LogP) is 2.49. The van der Waals surface area contributed by atoms with Crippen molar-refractivity contribution >= 4 is 29.2 Å². The highest BCUT2D eigenvalue weighted by Gasteiger charge is 2.23. The third kappa shape index (κ3) is 2.83. The van der Waals surface area contributed by atoms with Crippen molar-refractivity contribution in [2.24, 2.45) is 5.84 Å². The monoisotopic (exact) mass is 273 g/mol. The van der Waals surface area contributed by atoms with Crippen molar-refractivity contribution in [2.75, 3.05) is 13.1 Å². The van der Waals surface area contributed by atoms with E-state index in [1.54, 1.807) is 17.0 Å². The molecule has 0 saturated carbocycles. The smallest absolute Gasteiger partial charge is 0.319 e. The minimum absolute atomic E-state index is 0.165. The van der Waals surface area contributed by atoms with Crippen molar-refractivity contribution in [2.45, 2.75) is 13.0 Å². The Kier molecular flexibility index (Phi) is 3.76. The maximum Gasteiger partial charge on any atom is 0.334 e. The van der Waals surface area contributed by atoms with Crippen molar-refractivity contribution in [1.82, 2.24) is 9.91 Å². The lowest BCUT2D eigenvalue weighted by molar-refractivity contribution is 0.127. The average Bonchev–Trinajstić information content (AvgIpc) is 2.28. The molecule has 1 aromatic rings. The van der Waals surface area contributed by atoms with Crippen molar-refractivity contribution in [1.29, 1.82) is 0 Å². The van der Waals surface area contributed by atoms with Crippen molar-refractivity contribution < 1.29 is 4.79 Å². The number of amides is 2. The number of hydrogen-bond donors (Lipinski definition) is 1. The normalized spacial score (nSPS) is 16.5. The molecule has 1 saturated heterocycles. The van der Waals surface area contributed by atoms with Crippen LogP contribution < -0.4 is 5.84 Å². The first kappa shape index (κ1) is 12.5. The van der Waals surface area contributed by atoms with Gasteiger partial charge in [0, 0.05) is 29.7 Å². The quantitative estimate of drug-likeness (QED) is 0.665. The predicted molar refractivity (Wildman–Crippen MR) is 67.8 cm³/mol. The van der Waals surface area contributed by atoms with Gasteiger partial charge in [0.05, 0.1) is 0 Å². The van der Waals surface area contributed by atoms with E-state index in [9.17, 15) is 4.79 Å². The Morgan fingerprint density at radius 3 is 2.76 bits per heavy atom. The molecule has 0 aromatic heterocycles. The number of urea groups is 1. The van der Waals surface area contributed by atoms with Gasteiger partial charge in [-0.3, -0.25) is 5.01 Å². The molecule has 0 aliphatic carbocycles. The number of nitrogens with zero attached hydrogens (tertiary/aromatic N) is 2. The molecule has 0 atom stereocenters. The minimum Gasteiger partial charge on any atom is -0.319 e. The maximum atomic E-state index is 11.8. The summed E-state index contributed by atoms with van der Waals surface area (Å²) in [6.07, 6.45) is 0.869. The fourth-order valence-corrected chi connectivity index (χ4v) is 2.28. The Bertz CT molecular complexity index is 439. The van der Waals surface area contributed by atoms with Gasteiger partial charge in [0.15, 0.2) is 0 Å². The van der Waals surface area contributed by atoms with E-state index in [-0.39, 0.29) is 6.03 Å². The molecule has 1 aliphatic heterocycles. The van der Waals surface area contributed by atoms with Gasteiger partial charge in [0.25, 0.3) is 0 Å². The van der Waals surface area contributed by atoms with Crippen LogP contribution in [0, 0.1) is 0 Å². The van der Waals surface area contributed by atoms with Gasteiger partial charge >= 0.3 is 6.03 Å². The van der Waals surface area contributed by atoms with Crippen LogP contribution in [0.3, 0.4) is 0 Å². The highest BCUT2D eigenvalue weighted by molar-refractivity contribution is 6.35. The van der Waals surface area contributed by atoms with Crippen LogP contribution in [0.15, 0.2) is 18.2 Å². The molecule has 2 rings (SSSR count). The summed E-state index contributed by atoms with van der Waals surface area (Å²) < 4.78 is 0. The number of hydrazine groups is 1. The second-order valence-corrected chi connectivity index (χ2v) is 4.83. The summed E-state index contributed by atoms with van der Waals surface area (Å²) in [7, 11) is 0. The van der Waals surface area contributed by atoms with E-state index >= 15 is 0 Å². The third-order valence-corrected chi connectivity index (χ3v) is 3.31. The van der Waals surface area contributed by atoms with Gasteiger partial charge in [-0.2, -0.15) is 0 Å². The maximum absolute atomic E-state index is 11.8. The third-order valence-electron chi connectivity index (χ3n) is 2.72. The molecule has 6 heteroatoms. The molecule has 1 aromatic carbocycles. The molecule has 2 N–H and O–H groups in total. The molecule has 0 radical (unpaired) electrons.